The van der Waals surface area contributed by atoms with Gasteiger partial charge in [0.1, 0.15) is 24.0 Å². The molecule has 16 nitrogen and oxygen atoms in total. The first-order valence-electron chi connectivity index (χ1n) is 9.45. The summed E-state index contributed by atoms with van der Waals surface area (Å²) in [6.07, 6.45) is -5.56. The van der Waals surface area contributed by atoms with Gasteiger partial charge in [0, 0.05) is 18.8 Å². The number of nitrogens with one attached hydrogen (secondary N) is 2. The molecule has 2 fully saturated rings. The van der Waals surface area contributed by atoms with E-state index in [1.54, 1.807) is 0 Å². The number of hydrogen-bond donors (Lipinski definition) is 7. The van der Waals surface area contributed by atoms with E-state index in [4.69, 9.17) is 25.8 Å². The molecular weight excluding hydrogens is 432 g/mol. The average molecular weight is 454 g/mol. The lowest BCUT2D eigenvalue weighted by Crippen LogP contribution is -2.48. The van der Waals surface area contributed by atoms with Gasteiger partial charge >= 0.3 is 11.4 Å². The normalized spacial score (nSPS) is 32.4. The van der Waals surface area contributed by atoms with Crippen LogP contribution >= 0.6 is 0 Å². The first-order valence-corrected chi connectivity index (χ1v) is 9.45. The third-order valence-electron chi connectivity index (χ3n) is 5.04. The topological polar surface area (TPSA) is 234 Å². The minimum atomic E-state index is -1.45. The predicted octanol–water partition coefficient (Wildman–Crippen LogP) is -3.65. The summed E-state index contributed by atoms with van der Waals surface area (Å²) >= 11 is 0. The lowest BCUT2D eigenvalue weighted by Gasteiger charge is -2.23. The van der Waals surface area contributed by atoms with Crippen molar-refractivity contribution in [2.45, 2.75) is 49.6 Å². The largest absolute Gasteiger partial charge is 0.389 e. The molecule has 0 bridgehead atoms. The summed E-state index contributed by atoms with van der Waals surface area (Å²) in [6.45, 7) is 0. The van der Waals surface area contributed by atoms with Crippen molar-refractivity contribution < 1.29 is 29.7 Å². The summed E-state index contributed by atoms with van der Waals surface area (Å²) in [5, 5.41) is 30.2. The van der Waals surface area contributed by atoms with Gasteiger partial charge < -0.3 is 36.4 Å². The number of rotatable bonds is 6. The van der Waals surface area contributed by atoms with Crippen LogP contribution in [-0.4, -0.2) is 65.3 Å². The van der Waals surface area contributed by atoms with E-state index in [2.05, 4.69) is 15.4 Å². The lowest BCUT2D eigenvalue weighted by atomic mass is 10.2. The maximum Gasteiger partial charge on any atom is 0.351 e. The Kier molecular flexibility index (Phi) is 6.17. The number of nitrogens with zero attached hydrogens (tertiary/aromatic N) is 4. The minimum absolute atomic E-state index is 0.0117. The third-order valence-corrected chi connectivity index (χ3v) is 5.04. The predicted molar refractivity (Wildman–Crippen MR) is 103 cm³/mol. The number of anilines is 2. The highest BCUT2D eigenvalue weighted by Crippen LogP contribution is 2.30. The van der Waals surface area contributed by atoms with Crippen LogP contribution in [0.25, 0.3) is 0 Å². The number of nitrogen functional groups attached to an aromatic ring is 2. The van der Waals surface area contributed by atoms with Gasteiger partial charge in [0.15, 0.2) is 24.8 Å². The molecule has 2 aromatic rings. The molecule has 0 spiro atoms. The number of aromatic nitrogens is 4. The Morgan fingerprint density at radius 2 is 1.66 bits per heavy atom. The summed E-state index contributed by atoms with van der Waals surface area (Å²) in [5.41, 5.74) is 13.8. The fourth-order valence-corrected chi connectivity index (χ4v) is 3.46. The van der Waals surface area contributed by atoms with Crippen molar-refractivity contribution in [1.82, 2.24) is 30.1 Å². The van der Waals surface area contributed by atoms with Crippen molar-refractivity contribution in [2.24, 2.45) is 0 Å². The quantitative estimate of drug-likeness (QED) is 0.209. The highest BCUT2D eigenvalue weighted by molar-refractivity contribution is 5.24. The third kappa shape index (κ3) is 4.20. The summed E-state index contributed by atoms with van der Waals surface area (Å²) in [5.74, 6) is 0.0351. The molecule has 9 N–H and O–H groups in total. The van der Waals surface area contributed by atoms with Gasteiger partial charge in [-0.15, -0.1) is 0 Å². The van der Waals surface area contributed by atoms with Crippen molar-refractivity contribution in [3.63, 3.8) is 0 Å². The Morgan fingerprint density at radius 1 is 1.03 bits per heavy atom. The zero-order valence-electron chi connectivity index (χ0n) is 16.4. The first-order chi connectivity index (χ1) is 15.3. The van der Waals surface area contributed by atoms with Crippen LogP contribution in [0, 0.1) is 0 Å². The molecule has 16 heteroatoms. The van der Waals surface area contributed by atoms with Crippen molar-refractivity contribution in [3.8, 4) is 0 Å². The van der Waals surface area contributed by atoms with Crippen LogP contribution in [-0.2, 0) is 14.3 Å². The lowest BCUT2D eigenvalue weighted by molar-refractivity contribution is -0.180. The molecule has 2 aliphatic heterocycles. The van der Waals surface area contributed by atoms with Crippen LogP contribution in [0.15, 0.2) is 34.1 Å². The van der Waals surface area contributed by atoms with Gasteiger partial charge in [0.2, 0.25) is 0 Å². The van der Waals surface area contributed by atoms with Gasteiger partial charge in [-0.3, -0.25) is 14.0 Å². The van der Waals surface area contributed by atoms with Crippen LogP contribution < -0.4 is 33.8 Å². The number of aliphatic hydroxyl groups excluding tert-OH is 2. The zero-order valence-corrected chi connectivity index (χ0v) is 16.4. The fourth-order valence-electron chi connectivity index (χ4n) is 3.46. The van der Waals surface area contributed by atoms with Gasteiger partial charge in [-0.05, 0) is 12.1 Å². The van der Waals surface area contributed by atoms with E-state index in [1.807, 2.05) is 5.48 Å². The molecule has 0 aromatic carbocycles. The summed E-state index contributed by atoms with van der Waals surface area (Å²) in [4.78, 5) is 36.6. The smallest absolute Gasteiger partial charge is 0.351 e. The molecule has 2 aromatic heterocycles. The Hall–Kier alpha value is -2.96. The molecule has 4 rings (SSSR count). The van der Waals surface area contributed by atoms with Gasteiger partial charge in [0.05, 0.1) is 6.10 Å². The van der Waals surface area contributed by atoms with Crippen molar-refractivity contribution >= 4 is 11.6 Å². The maximum atomic E-state index is 12.1. The average Bonchev–Trinajstić information content (AvgIpc) is 3.26. The minimum Gasteiger partial charge on any atom is -0.389 e. The van der Waals surface area contributed by atoms with Gasteiger partial charge in [-0.1, -0.05) is 0 Å². The molecule has 0 saturated carbocycles. The zero-order chi connectivity index (χ0) is 23.0. The second-order valence-corrected chi connectivity index (χ2v) is 7.17. The molecule has 2 aliphatic rings. The number of nitrogens with two attached hydrogens (primary N) is 2. The standard InChI is InChI=1S/C16H22N8O8/c17-7-1-3-23(15(27)19-7)9-5-6(25)12(30-9)22-32-11-10(26)14(31-13(11)21-29)24-4-2-8(18)20-16(24)28/h1-4,6,9-14,21-22,25-26,29H,5H2,(H2,17,19,27)(H2,18,20,28)/t6-,9+,10+,11-,12-,13-,14+/m0/s1. The molecule has 32 heavy (non-hydrogen) atoms. The molecule has 0 amide bonds. The van der Waals surface area contributed by atoms with Crippen LogP contribution in [0.1, 0.15) is 18.9 Å². The van der Waals surface area contributed by atoms with E-state index in [-0.39, 0.29) is 18.1 Å². The van der Waals surface area contributed by atoms with Crippen molar-refractivity contribution in [2.75, 3.05) is 11.5 Å². The number of hydrogen-bond acceptors (Lipinski definition) is 14. The second-order valence-electron chi connectivity index (χ2n) is 7.17. The van der Waals surface area contributed by atoms with Crippen LogP contribution in [0.5, 0.6) is 0 Å². The molecule has 174 valence electrons. The van der Waals surface area contributed by atoms with Crippen LogP contribution in [0.2, 0.25) is 0 Å². The Morgan fingerprint density at radius 3 is 2.25 bits per heavy atom. The van der Waals surface area contributed by atoms with Crippen molar-refractivity contribution in [3.05, 3.63) is 45.5 Å². The summed E-state index contributed by atoms with van der Waals surface area (Å²) in [7, 11) is 0. The van der Waals surface area contributed by atoms with Gasteiger partial charge in [-0.2, -0.15) is 20.9 Å². The Bertz CT molecular complexity index is 1080. The monoisotopic (exact) mass is 454 g/mol. The van der Waals surface area contributed by atoms with E-state index in [0.717, 1.165) is 9.13 Å². The van der Waals surface area contributed by atoms with Gasteiger partial charge in [-0.25, -0.2) is 9.59 Å². The van der Waals surface area contributed by atoms with Crippen molar-refractivity contribution in [1.29, 1.82) is 0 Å². The van der Waals surface area contributed by atoms with Crippen LogP contribution in [0.3, 0.4) is 0 Å². The molecule has 7 atom stereocenters. The maximum absolute atomic E-state index is 12.1. The number of ether oxygens (including phenoxy) is 2. The van der Waals surface area contributed by atoms with E-state index < -0.39 is 54.6 Å². The van der Waals surface area contributed by atoms with Crippen LogP contribution in [0.4, 0.5) is 11.6 Å². The highest BCUT2D eigenvalue weighted by Gasteiger charge is 2.47. The fraction of sp³-hybridized carbons (Fsp3) is 0.500. The van der Waals surface area contributed by atoms with E-state index >= 15 is 0 Å². The summed E-state index contributed by atoms with van der Waals surface area (Å²) < 4.78 is 13.2. The molecule has 0 unspecified atom stereocenters. The molecule has 0 radical (unpaired) electrons. The second kappa shape index (κ2) is 8.88. The Labute approximate surface area is 178 Å². The SMILES string of the molecule is Nc1ccn([C@@H]2O[C@H](NO)[C@@H](ON[C@H]3O[C@@H](n4ccc(N)nc4=O)C[C@@H]3O)[C@H]2O)c(=O)n1. The molecular formula is C16H22N8O8. The van der Waals surface area contributed by atoms with E-state index in [0.29, 0.717) is 0 Å². The summed E-state index contributed by atoms with van der Waals surface area (Å²) in [6, 6.07) is 2.74. The number of aliphatic hydroxyl groups is 2. The molecule has 0 aliphatic carbocycles. The Balaban J connectivity index is 1.43. The van der Waals surface area contributed by atoms with E-state index in [1.165, 1.54) is 24.5 Å². The van der Waals surface area contributed by atoms with E-state index in [9.17, 15) is 25.0 Å². The molecule has 2 saturated heterocycles. The molecule has 4 heterocycles. The highest BCUT2D eigenvalue weighted by atomic mass is 16.7. The number of hydroxylamine groups is 2. The first kappa shape index (κ1) is 22.2. The van der Waals surface area contributed by atoms with Gasteiger partial charge in [0.25, 0.3) is 0 Å².